The molecule has 0 aliphatic carbocycles. The minimum atomic E-state index is -0.959. The van der Waals surface area contributed by atoms with E-state index in [2.05, 4.69) is 15.7 Å². The van der Waals surface area contributed by atoms with Crippen LogP contribution >= 0.6 is 0 Å². The molecule has 1 heterocycles. The Bertz CT molecular complexity index is 651. The predicted molar refractivity (Wildman–Crippen MR) is 77.3 cm³/mol. The van der Waals surface area contributed by atoms with Crippen molar-refractivity contribution in [1.82, 2.24) is 15.1 Å². The van der Waals surface area contributed by atoms with Crippen LogP contribution in [0.15, 0.2) is 36.7 Å². The zero-order valence-corrected chi connectivity index (χ0v) is 11.5. The fourth-order valence-corrected chi connectivity index (χ4v) is 1.84. The number of carbonyl (C=O) groups is 2. The lowest BCUT2D eigenvalue weighted by Crippen LogP contribution is -2.30. The van der Waals surface area contributed by atoms with E-state index in [1.165, 1.54) is 6.07 Å². The van der Waals surface area contributed by atoms with Gasteiger partial charge in [0.1, 0.15) is 0 Å². The van der Waals surface area contributed by atoms with E-state index in [0.717, 1.165) is 5.56 Å². The summed E-state index contributed by atoms with van der Waals surface area (Å²) in [6, 6.07) is 6.33. The van der Waals surface area contributed by atoms with Crippen molar-refractivity contribution in [3.05, 3.63) is 47.8 Å². The largest absolute Gasteiger partial charge is 0.478 e. The summed E-state index contributed by atoms with van der Waals surface area (Å²) in [4.78, 5) is 22.5. The van der Waals surface area contributed by atoms with Crippen LogP contribution < -0.4 is 10.6 Å². The van der Waals surface area contributed by atoms with E-state index in [1.54, 1.807) is 36.3 Å². The van der Waals surface area contributed by atoms with E-state index < -0.39 is 5.97 Å². The number of hydrogen-bond acceptors (Lipinski definition) is 3. The Morgan fingerprint density at radius 2 is 2.19 bits per heavy atom. The number of aromatic nitrogens is 2. The van der Waals surface area contributed by atoms with Crippen molar-refractivity contribution in [3.63, 3.8) is 0 Å². The predicted octanol–water partition coefficient (Wildman–Crippen LogP) is 1.48. The van der Waals surface area contributed by atoms with Crippen LogP contribution in [0, 0.1) is 0 Å². The molecule has 0 fully saturated rings. The first kappa shape index (κ1) is 14.6. The summed E-state index contributed by atoms with van der Waals surface area (Å²) in [5.74, 6) is -0.959. The number of nitrogens with one attached hydrogen (secondary N) is 2. The van der Waals surface area contributed by atoms with Crippen LogP contribution in [0.2, 0.25) is 0 Å². The molecule has 0 bridgehead atoms. The minimum absolute atomic E-state index is 0.243. The molecule has 110 valence electrons. The van der Waals surface area contributed by atoms with Crippen molar-refractivity contribution in [2.45, 2.75) is 6.42 Å². The summed E-state index contributed by atoms with van der Waals surface area (Å²) in [7, 11) is 1.76. The number of nitrogens with zero attached hydrogens (tertiary/aromatic N) is 2. The van der Waals surface area contributed by atoms with E-state index in [0.29, 0.717) is 18.7 Å². The van der Waals surface area contributed by atoms with Crippen LogP contribution in [0.25, 0.3) is 0 Å². The Hall–Kier alpha value is -2.83. The number of carboxylic acids is 1. The molecule has 3 N–H and O–H groups in total. The van der Waals surface area contributed by atoms with Gasteiger partial charge in [0, 0.05) is 19.8 Å². The van der Waals surface area contributed by atoms with Crippen LogP contribution in [-0.4, -0.2) is 33.4 Å². The van der Waals surface area contributed by atoms with E-state index in [-0.39, 0.29) is 11.6 Å². The van der Waals surface area contributed by atoms with Gasteiger partial charge in [-0.3, -0.25) is 4.68 Å². The first-order chi connectivity index (χ1) is 10.0. The number of rotatable bonds is 5. The van der Waals surface area contributed by atoms with Gasteiger partial charge in [-0.15, -0.1) is 0 Å². The molecular weight excluding hydrogens is 272 g/mol. The average molecular weight is 288 g/mol. The number of carboxylic acid groups (broad SMARTS) is 1. The second kappa shape index (κ2) is 6.56. The summed E-state index contributed by atoms with van der Waals surface area (Å²) in [5.41, 5.74) is 1.71. The Balaban J connectivity index is 1.80. The molecule has 7 nitrogen and oxygen atoms in total. The first-order valence-electron chi connectivity index (χ1n) is 6.40. The second-order valence-electron chi connectivity index (χ2n) is 4.54. The maximum atomic E-state index is 11.6. The Labute approximate surface area is 121 Å². The molecule has 1 aromatic heterocycles. The van der Waals surface area contributed by atoms with Gasteiger partial charge >= 0.3 is 12.0 Å². The normalized spacial score (nSPS) is 10.1. The lowest BCUT2D eigenvalue weighted by molar-refractivity contribution is 0.0696. The van der Waals surface area contributed by atoms with Gasteiger partial charge < -0.3 is 15.7 Å². The quantitative estimate of drug-likeness (QED) is 0.776. The molecule has 2 aromatic rings. The number of urea groups is 1. The molecule has 1 aromatic carbocycles. The number of amides is 2. The number of carbonyl (C=O) groups excluding carboxylic acids is 1. The van der Waals surface area contributed by atoms with Crippen molar-refractivity contribution in [3.8, 4) is 0 Å². The third-order valence-corrected chi connectivity index (χ3v) is 2.84. The highest BCUT2D eigenvalue weighted by molar-refractivity contribution is 5.89. The Morgan fingerprint density at radius 3 is 2.86 bits per heavy atom. The van der Waals surface area contributed by atoms with Crippen LogP contribution in [0.4, 0.5) is 10.5 Å². The molecule has 0 radical (unpaired) electrons. The highest BCUT2D eigenvalue weighted by Crippen LogP contribution is 2.06. The molecule has 0 saturated heterocycles. The Morgan fingerprint density at radius 1 is 1.38 bits per heavy atom. The fourth-order valence-electron chi connectivity index (χ4n) is 1.84. The standard InChI is InChI=1S/C14H16N4O3/c1-18-9-12(8-16-18)17-14(21)15-6-5-10-3-2-4-11(7-10)13(19)20/h2-4,7-9H,5-6H2,1H3,(H,19,20)(H2,15,17,21). The van der Waals surface area contributed by atoms with Gasteiger partial charge in [-0.25, -0.2) is 9.59 Å². The monoisotopic (exact) mass is 288 g/mol. The van der Waals surface area contributed by atoms with Crippen LogP contribution in [0.3, 0.4) is 0 Å². The number of anilines is 1. The summed E-state index contributed by atoms with van der Waals surface area (Å²) in [5, 5.41) is 18.2. The lowest BCUT2D eigenvalue weighted by atomic mass is 10.1. The molecular formula is C14H16N4O3. The van der Waals surface area contributed by atoms with Gasteiger partial charge in [-0.1, -0.05) is 12.1 Å². The molecule has 2 rings (SSSR count). The average Bonchev–Trinajstić information content (AvgIpc) is 2.84. The summed E-state index contributed by atoms with van der Waals surface area (Å²) < 4.78 is 1.59. The van der Waals surface area contributed by atoms with E-state index in [4.69, 9.17) is 5.11 Å². The molecule has 0 atom stereocenters. The molecule has 0 saturated carbocycles. The molecule has 0 aliphatic heterocycles. The molecule has 0 spiro atoms. The van der Waals surface area contributed by atoms with Crippen LogP contribution in [0.5, 0.6) is 0 Å². The number of aromatic carboxylic acids is 1. The van der Waals surface area contributed by atoms with Crippen molar-refractivity contribution in [2.75, 3.05) is 11.9 Å². The van der Waals surface area contributed by atoms with Crippen molar-refractivity contribution in [2.24, 2.45) is 7.05 Å². The molecule has 7 heteroatoms. The van der Waals surface area contributed by atoms with Crippen molar-refractivity contribution >= 4 is 17.7 Å². The van der Waals surface area contributed by atoms with Gasteiger partial charge in [-0.2, -0.15) is 5.10 Å². The van der Waals surface area contributed by atoms with E-state index in [9.17, 15) is 9.59 Å². The first-order valence-corrected chi connectivity index (χ1v) is 6.40. The Kier molecular flexibility index (Phi) is 4.55. The van der Waals surface area contributed by atoms with Crippen LogP contribution in [0.1, 0.15) is 15.9 Å². The fraction of sp³-hybridized carbons (Fsp3) is 0.214. The zero-order valence-electron chi connectivity index (χ0n) is 11.5. The maximum Gasteiger partial charge on any atom is 0.335 e. The van der Waals surface area contributed by atoms with Gasteiger partial charge in [0.25, 0.3) is 0 Å². The van der Waals surface area contributed by atoms with Crippen molar-refractivity contribution in [1.29, 1.82) is 0 Å². The summed E-state index contributed by atoms with van der Waals surface area (Å²) in [6.45, 7) is 0.412. The topological polar surface area (TPSA) is 96.2 Å². The SMILES string of the molecule is Cn1cc(NC(=O)NCCc2cccc(C(=O)O)c2)cn1. The second-order valence-corrected chi connectivity index (χ2v) is 4.54. The van der Waals surface area contributed by atoms with Gasteiger partial charge in [0.15, 0.2) is 0 Å². The maximum absolute atomic E-state index is 11.6. The van der Waals surface area contributed by atoms with Gasteiger partial charge in [0.05, 0.1) is 17.4 Å². The number of benzene rings is 1. The highest BCUT2D eigenvalue weighted by atomic mass is 16.4. The summed E-state index contributed by atoms with van der Waals surface area (Å²) >= 11 is 0. The van der Waals surface area contributed by atoms with E-state index >= 15 is 0 Å². The molecule has 0 aliphatic rings. The van der Waals surface area contributed by atoms with Crippen LogP contribution in [-0.2, 0) is 13.5 Å². The smallest absolute Gasteiger partial charge is 0.335 e. The zero-order chi connectivity index (χ0) is 15.2. The summed E-state index contributed by atoms with van der Waals surface area (Å²) in [6.07, 6.45) is 3.80. The molecule has 21 heavy (non-hydrogen) atoms. The highest BCUT2D eigenvalue weighted by Gasteiger charge is 2.05. The molecule has 0 unspecified atom stereocenters. The van der Waals surface area contributed by atoms with E-state index in [1.807, 2.05) is 6.07 Å². The minimum Gasteiger partial charge on any atom is -0.478 e. The van der Waals surface area contributed by atoms with Gasteiger partial charge in [-0.05, 0) is 24.1 Å². The van der Waals surface area contributed by atoms with Crippen molar-refractivity contribution < 1.29 is 14.7 Å². The third kappa shape index (κ3) is 4.34. The number of hydrogen-bond donors (Lipinski definition) is 3. The number of aryl methyl sites for hydroxylation is 1. The third-order valence-electron chi connectivity index (χ3n) is 2.84. The van der Waals surface area contributed by atoms with Gasteiger partial charge in [0.2, 0.25) is 0 Å². The lowest BCUT2D eigenvalue weighted by Gasteiger charge is -2.06. The molecule has 2 amide bonds.